The standard InChI is InChI=1S/C15H19ClN4O/c1-10(20-7-5-17-6-8-20)14-18-13-9-11(16)3-4-12(13)15(21)19(14)2/h3-4,9-10,17H,5-8H2,1-2H3. The van der Waals surface area contributed by atoms with E-state index >= 15 is 0 Å². The second-order valence-corrected chi connectivity index (χ2v) is 5.89. The van der Waals surface area contributed by atoms with Crippen LogP contribution in [-0.4, -0.2) is 40.6 Å². The highest BCUT2D eigenvalue weighted by Gasteiger charge is 2.22. The summed E-state index contributed by atoms with van der Waals surface area (Å²) in [5, 5.41) is 4.55. The largest absolute Gasteiger partial charge is 0.314 e. The number of aromatic nitrogens is 2. The molecule has 0 radical (unpaired) electrons. The number of hydrogen-bond donors (Lipinski definition) is 1. The SMILES string of the molecule is CC(c1nc2cc(Cl)ccc2c(=O)n1C)N1CCNCC1. The van der Waals surface area contributed by atoms with Gasteiger partial charge in [0.1, 0.15) is 5.82 Å². The van der Waals surface area contributed by atoms with Gasteiger partial charge in [-0.2, -0.15) is 0 Å². The number of fused-ring (bicyclic) bond motifs is 1. The molecule has 1 N–H and O–H groups in total. The summed E-state index contributed by atoms with van der Waals surface area (Å²) in [5.74, 6) is 0.789. The van der Waals surface area contributed by atoms with E-state index in [1.165, 1.54) is 0 Å². The van der Waals surface area contributed by atoms with Crippen molar-refractivity contribution in [2.75, 3.05) is 26.2 Å². The number of nitrogens with zero attached hydrogens (tertiary/aromatic N) is 3. The molecule has 1 aromatic carbocycles. The van der Waals surface area contributed by atoms with Crippen LogP contribution in [0.25, 0.3) is 10.9 Å². The Morgan fingerprint density at radius 1 is 1.33 bits per heavy atom. The van der Waals surface area contributed by atoms with Gasteiger partial charge >= 0.3 is 0 Å². The summed E-state index contributed by atoms with van der Waals surface area (Å²) < 4.78 is 1.66. The zero-order chi connectivity index (χ0) is 15.0. The fourth-order valence-electron chi connectivity index (χ4n) is 2.87. The third-order valence-electron chi connectivity index (χ3n) is 4.15. The average Bonchev–Trinajstić information content (AvgIpc) is 2.51. The van der Waals surface area contributed by atoms with Crippen molar-refractivity contribution in [3.05, 3.63) is 39.4 Å². The van der Waals surface area contributed by atoms with Crippen molar-refractivity contribution in [3.63, 3.8) is 0 Å². The van der Waals surface area contributed by atoms with Crippen molar-refractivity contribution >= 4 is 22.5 Å². The van der Waals surface area contributed by atoms with E-state index in [4.69, 9.17) is 11.6 Å². The lowest BCUT2D eigenvalue weighted by atomic mass is 10.2. The van der Waals surface area contributed by atoms with Gasteiger partial charge in [0.05, 0.1) is 16.9 Å². The molecule has 0 amide bonds. The van der Waals surface area contributed by atoms with Crippen LogP contribution in [0.2, 0.25) is 5.02 Å². The molecule has 3 rings (SSSR count). The minimum absolute atomic E-state index is 0.0198. The summed E-state index contributed by atoms with van der Waals surface area (Å²) in [7, 11) is 1.79. The Morgan fingerprint density at radius 2 is 2.05 bits per heavy atom. The van der Waals surface area contributed by atoms with E-state index in [-0.39, 0.29) is 11.6 Å². The van der Waals surface area contributed by atoms with Gasteiger partial charge in [0.25, 0.3) is 5.56 Å². The van der Waals surface area contributed by atoms with Crippen molar-refractivity contribution in [1.82, 2.24) is 19.8 Å². The van der Waals surface area contributed by atoms with Crippen LogP contribution in [-0.2, 0) is 7.05 Å². The molecule has 0 aliphatic carbocycles. The molecule has 0 spiro atoms. The van der Waals surface area contributed by atoms with Gasteiger partial charge < -0.3 is 5.32 Å². The van der Waals surface area contributed by atoms with Gasteiger partial charge in [-0.3, -0.25) is 14.3 Å². The second kappa shape index (κ2) is 5.75. The molecule has 1 atom stereocenters. The summed E-state index contributed by atoms with van der Waals surface area (Å²) in [6.45, 7) is 5.97. The number of nitrogens with one attached hydrogen (secondary N) is 1. The van der Waals surface area contributed by atoms with E-state index in [1.54, 1.807) is 29.8 Å². The predicted octanol–water partition coefficient (Wildman–Crippen LogP) is 1.55. The summed E-state index contributed by atoms with van der Waals surface area (Å²) in [6.07, 6.45) is 0. The normalized spacial score (nSPS) is 18.0. The Hall–Kier alpha value is -1.43. The highest BCUT2D eigenvalue weighted by molar-refractivity contribution is 6.31. The van der Waals surface area contributed by atoms with Gasteiger partial charge in [-0.05, 0) is 25.1 Å². The van der Waals surface area contributed by atoms with Crippen molar-refractivity contribution in [1.29, 1.82) is 0 Å². The van der Waals surface area contributed by atoms with Crippen molar-refractivity contribution < 1.29 is 0 Å². The first kappa shape index (κ1) is 14.5. The minimum Gasteiger partial charge on any atom is -0.314 e. The molecule has 1 aliphatic rings. The van der Waals surface area contributed by atoms with Gasteiger partial charge in [0.15, 0.2) is 0 Å². The molecule has 2 heterocycles. The van der Waals surface area contributed by atoms with Crippen LogP contribution in [0, 0.1) is 0 Å². The van der Waals surface area contributed by atoms with E-state index in [0.717, 1.165) is 32.0 Å². The van der Waals surface area contributed by atoms with E-state index in [2.05, 4.69) is 22.1 Å². The Kier molecular flexibility index (Phi) is 3.97. The van der Waals surface area contributed by atoms with Gasteiger partial charge in [-0.25, -0.2) is 4.98 Å². The number of benzene rings is 1. The van der Waals surface area contributed by atoms with E-state index in [9.17, 15) is 4.79 Å². The summed E-state index contributed by atoms with van der Waals surface area (Å²) in [4.78, 5) is 19.5. The Balaban J connectivity index is 2.09. The highest BCUT2D eigenvalue weighted by atomic mass is 35.5. The Labute approximate surface area is 128 Å². The van der Waals surface area contributed by atoms with Gasteiger partial charge in [0.2, 0.25) is 0 Å². The summed E-state index contributed by atoms with van der Waals surface area (Å²) in [5.41, 5.74) is 0.649. The first-order chi connectivity index (χ1) is 10.1. The molecular formula is C15H19ClN4O. The van der Waals surface area contributed by atoms with E-state index < -0.39 is 0 Å². The molecule has 6 heteroatoms. The van der Waals surface area contributed by atoms with Crippen LogP contribution in [0.15, 0.2) is 23.0 Å². The van der Waals surface area contributed by atoms with Gasteiger partial charge in [0, 0.05) is 38.2 Å². The van der Waals surface area contributed by atoms with Crippen LogP contribution in [0.5, 0.6) is 0 Å². The molecule has 0 bridgehead atoms. The minimum atomic E-state index is -0.0198. The van der Waals surface area contributed by atoms with Crippen LogP contribution in [0.4, 0.5) is 0 Å². The van der Waals surface area contributed by atoms with Crippen molar-refractivity contribution in [3.8, 4) is 0 Å². The lowest BCUT2D eigenvalue weighted by Crippen LogP contribution is -2.45. The molecule has 1 saturated heterocycles. The lowest BCUT2D eigenvalue weighted by molar-refractivity contribution is 0.176. The monoisotopic (exact) mass is 306 g/mol. The van der Waals surface area contributed by atoms with Gasteiger partial charge in [-0.15, -0.1) is 0 Å². The molecular weight excluding hydrogens is 288 g/mol. The van der Waals surface area contributed by atoms with E-state index in [1.807, 2.05) is 0 Å². The Morgan fingerprint density at radius 3 is 2.76 bits per heavy atom. The molecule has 0 saturated carbocycles. The average molecular weight is 307 g/mol. The molecule has 1 aliphatic heterocycles. The quantitative estimate of drug-likeness (QED) is 0.915. The maximum Gasteiger partial charge on any atom is 0.261 e. The van der Waals surface area contributed by atoms with Crippen LogP contribution in [0.1, 0.15) is 18.8 Å². The highest BCUT2D eigenvalue weighted by Crippen LogP contribution is 2.21. The zero-order valence-electron chi connectivity index (χ0n) is 12.3. The summed E-state index contributed by atoms with van der Waals surface area (Å²) >= 11 is 6.02. The molecule has 21 heavy (non-hydrogen) atoms. The van der Waals surface area contributed by atoms with Gasteiger partial charge in [-0.1, -0.05) is 11.6 Å². The van der Waals surface area contributed by atoms with Crippen molar-refractivity contribution in [2.45, 2.75) is 13.0 Å². The number of halogens is 1. The third kappa shape index (κ3) is 2.69. The molecule has 1 unspecified atom stereocenters. The third-order valence-corrected chi connectivity index (χ3v) is 4.38. The first-order valence-corrected chi connectivity index (χ1v) is 7.56. The fourth-order valence-corrected chi connectivity index (χ4v) is 3.03. The van der Waals surface area contributed by atoms with Crippen LogP contribution in [0.3, 0.4) is 0 Å². The second-order valence-electron chi connectivity index (χ2n) is 5.46. The topological polar surface area (TPSA) is 50.2 Å². The molecule has 2 aromatic rings. The number of rotatable bonds is 2. The Bertz CT molecular complexity index is 721. The van der Waals surface area contributed by atoms with E-state index in [0.29, 0.717) is 15.9 Å². The molecule has 1 fully saturated rings. The predicted molar refractivity (Wildman–Crippen MR) is 84.9 cm³/mol. The lowest BCUT2D eigenvalue weighted by Gasteiger charge is -2.33. The van der Waals surface area contributed by atoms with Crippen LogP contribution < -0.4 is 10.9 Å². The maximum absolute atomic E-state index is 12.5. The number of piperazine rings is 1. The van der Waals surface area contributed by atoms with Crippen LogP contribution >= 0.6 is 11.6 Å². The summed E-state index contributed by atoms with van der Waals surface area (Å²) in [6, 6.07) is 5.33. The molecule has 1 aromatic heterocycles. The van der Waals surface area contributed by atoms with Crippen molar-refractivity contribution in [2.24, 2.45) is 7.05 Å². The molecule has 5 nitrogen and oxygen atoms in total. The smallest absolute Gasteiger partial charge is 0.261 e. The molecule has 112 valence electrons. The number of hydrogen-bond acceptors (Lipinski definition) is 4. The fraction of sp³-hybridized carbons (Fsp3) is 0.467. The maximum atomic E-state index is 12.5. The first-order valence-electron chi connectivity index (χ1n) is 7.19. The zero-order valence-corrected chi connectivity index (χ0v) is 13.0.